The predicted octanol–water partition coefficient (Wildman–Crippen LogP) is 2.69. The highest BCUT2D eigenvalue weighted by Gasteiger charge is 2.38. The molecule has 100 valence electrons. The molecule has 0 radical (unpaired) electrons. The van der Waals surface area contributed by atoms with E-state index >= 15 is 0 Å². The van der Waals surface area contributed by atoms with Gasteiger partial charge in [-0.25, -0.2) is 0 Å². The molecule has 0 spiro atoms. The van der Waals surface area contributed by atoms with Gasteiger partial charge < -0.3 is 9.80 Å². The van der Waals surface area contributed by atoms with Crippen LogP contribution in [0.25, 0.3) is 0 Å². The Morgan fingerprint density at radius 2 is 1.65 bits per heavy atom. The zero-order valence-electron chi connectivity index (χ0n) is 12.3. The van der Waals surface area contributed by atoms with Gasteiger partial charge in [0.05, 0.1) is 0 Å². The molecular formula is C15H30N2. The van der Waals surface area contributed by atoms with E-state index in [-0.39, 0.29) is 0 Å². The van der Waals surface area contributed by atoms with Crippen molar-refractivity contribution in [2.45, 2.75) is 52.1 Å². The topological polar surface area (TPSA) is 6.48 Å². The molecule has 0 N–H and O–H groups in total. The zero-order valence-corrected chi connectivity index (χ0v) is 12.3. The van der Waals surface area contributed by atoms with Crippen molar-refractivity contribution in [1.82, 2.24) is 9.80 Å². The zero-order chi connectivity index (χ0) is 12.6. The van der Waals surface area contributed by atoms with Crippen LogP contribution in [0.5, 0.6) is 0 Å². The highest BCUT2D eigenvalue weighted by molar-refractivity contribution is 4.94. The van der Waals surface area contributed by atoms with E-state index < -0.39 is 0 Å². The maximum Gasteiger partial charge on any atom is 0.0251 e. The summed E-state index contributed by atoms with van der Waals surface area (Å²) in [6.45, 7) is 9.79. The van der Waals surface area contributed by atoms with Crippen LogP contribution in [-0.4, -0.2) is 49.1 Å². The summed E-state index contributed by atoms with van der Waals surface area (Å²) in [5.41, 5.74) is 0. The Balaban J connectivity index is 2.02. The van der Waals surface area contributed by atoms with E-state index in [1.54, 1.807) is 0 Å². The first-order valence-corrected chi connectivity index (χ1v) is 7.39. The SMILES string of the molecule is CC(C)C1CCN(C)C(C2C[C@@H](C)CN2C)C1. The Labute approximate surface area is 107 Å². The first kappa shape index (κ1) is 13.4. The summed E-state index contributed by atoms with van der Waals surface area (Å²) in [5.74, 6) is 2.69. The molecule has 2 nitrogen and oxygen atoms in total. The van der Waals surface area contributed by atoms with E-state index in [1.807, 2.05) is 0 Å². The molecule has 0 aromatic carbocycles. The monoisotopic (exact) mass is 238 g/mol. The Morgan fingerprint density at radius 1 is 1.00 bits per heavy atom. The summed E-state index contributed by atoms with van der Waals surface area (Å²) in [7, 11) is 4.65. The summed E-state index contributed by atoms with van der Waals surface area (Å²) in [6.07, 6.45) is 4.21. The van der Waals surface area contributed by atoms with Crippen LogP contribution in [0.4, 0.5) is 0 Å². The smallest absolute Gasteiger partial charge is 0.0251 e. The highest BCUT2D eigenvalue weighted by atomic mass is 15.2. The van der Waals surface area contributed by atoms with Gasteiger partial charge in [0.1, 0.15) is 0 Å². The number of hydrogen-bond donors (Lipinski definition) is 0. The standard InChI is InChI=1S/C15H30N2/c1-11(2)13-6-7-16(4)15(9-13)14-8-12(3)10-17(14)5/h11-15H,6-10H2,1-5H3/t12-,13?,14?,15?/m1/s1. The number of hydrogen-bond acceptors (Lipinski definition) is 2. The van der Waals surface area contributed by atoms with Crippen molar-refractivity contribution in [3.8, 4) is 0 Å². The Morgan fingerprint density at radius 3 is 2.18 bits per heavy atom. The first-order chi connectivity index (χ1) is 7.99. The second kappa shape index (κ2) is 5.27. The Kier molecular flexibility index (Phi) is 4.14. The minimum absolute atomic E-state index is 0.797. The normalized spacial score (nSPS) is 41.3. The lowest BCUT2D eigenvalue weighted by Crippen LogP contribution is -2.51. The predicted molar refractivity (Wildman–Crippen MR) is 74.2 cm³/mol. The van der Waals surface area contributed by atoms with Gasteiger partial charge in [0.15, 0.2) is 0 Å². The van der Waals surface area contributed by atoms with Gasteiger partial charge in [-0.15, -0.1) is 0 Å². The summed E-state index contributed by atoms with van der Waals surface area (Å²) in [5, 5.41) is 0. The van der Waals surface area contributed by atoms with Crippen LogP contribution in [0, 0.1) is 17.8 Å². The van der Waals surface area contributed by atoms with Crippen LogP contribution in [0.1, 0.15) is 40.0 Å². The number of piperidine rings is 1. The largest absolute Gasteiger partial charge is 0.302 e. The van der Waals surface area contributed by atoms with E-state index in [0.29, 0.717) is 0 Å². The average Bonchev–Trinajstić information content (AvgIpc) is 2.58. The molecule has 17 heavy (non-hydrogen) atoms. The summed E-state index contributed by atoms with van der Waals surface area (Å²) in [4.78, 5) is 5.23. The second-order valence-corrected chi connectivity index (χ2v) is 6.92. The van der Waals surface area contributed by atoms with E-state index in [0.717, 1.165) is 29.8 Å². The lowest BCUT2D eigenvalue weighted by atomic mass is 9.80. The molecule has 0 aliphatic carbocycles. The van der Waals surface area contributed by atoms with Crippen molar-refractivity contribution < 1.29 is 0 Å². The maximum absolute atomic E-state index is 2.62. The van der Waals surface area contributed by atoms with Crippen LogP contribution in [0.3, 0.4) is 0 Å². The van der Waals surface area contributed by atoms with Crippen molar-refractivity contribution in [3.05, 3.63) is 0 Å². The van der Waals surface area contributed by atoms with Gasteiger partial charge in [-0.05, 0) is 57.7 Å². The van der Waals surface area contributed by atoms with Crippen LogP contribution >= 0.6 is 0 Å². The second-order valence-electron chi connectivity index (χ2n) is 6.92. The molecule has 0 amide bonds. The molecule has 2 fully saturated rings. The molecule has 0 aromatic heterocycles. The molecule has 2 heterocycles. The minimum Gasteiger partial charge on any atom is -0.302 e. The molecule has 2 saturated heterocycles. The van der Waals surface area contributed by atoms with Crippen LogP contribution in [0.2, 0.25) is 0 Å². The molecule has 2 aliphatic rings. The summed E-state index contributed by atoms with van der Waals surface area (Å²) in [6, 6.07) is 1.60. The third-order valence-corrected chi connectivity index (χ3v) is 5.16. The van der Waals surface area contributed by atoms with Gasteiger partial charge >= 0.3 is 0 Å². The molecule has 2 heteroatoms. The van der Waals surface area contributed by atoms with Crippen LogP contribution < -0.4 is 0 Å². The fraction of sp³-hybridized carbons (Fsp3) is 1.00. The number of nitrogens with zero attached hydrogens (tertiary/aromatic N) is 2. The van der Waals surface area contributed by atoms with Gasteiger partial charge in [0, 0.05) is 18.6 Å². The van der Waals surface area contributed by atoms with Crippen LogP contribution in [-0.2, 0) is 0 Å². The third-order valence-electron chi connectivity index (χ3n) is 5.16. The van der Waals surface area contributed by atoms with Crippen molar-refractivity contribution in [3.63, 3.8) is 0 Å². The quantitative estimate of drug-likeness (QED) is 0.730. The lowest BCUT2D eigenvalue weighted by Gasteiger charge is -2.43. The fourth-order valence-electron chi connectivity index (χ4n) is 3.94. The number of likely N-dealkylation sites (N-methyl/N-ethyl adjacent to an activating group) is 2. The van der Waals surface area contributed by atoms with E-state index in [1.165, 1.54) is 32.4 Å². The van der Waals surface area contributed by atoms with E-state index in [9.17, 15) is 0 Å². The van der Waals surface area contributed by atoms with E-state index in [2.05, 4.69) is 44.7 Å². The number of rotatable bonds is 2. The Bertz CT molecular complexity index is 251. The molecule has 2 rings (SSSR count). The molecule has 4 atom stereocenters. The van der Waals surface area contributed by atoms with Gasteiger partial charge in [-0.3, -0.25) is 0 Å². The first-order valence-electron chi connectivity index (χ1n) is 7.39. The fourth-order valence-corrected chi connectivity index (χ4v) is 3.94. The summed E-state index contributed by atoms with van der Waals surface area (Å²) >= 11 is 0. The lowest BCUT2D eigenvalue weighted by molar-refractivity contribution is 0.0644. The average molecular weight is 238 g/mol. The third kappa shape index (κ3) is 2.85. The molecule has 2 aliphatic heterocycles. The number of likely N-dealkylation sites (tertiary alicyclic amines) is 2. The molecule has 0 saturated carbocycles. The Hall–Kier alpha value is -0.0800. The molecule has 0 bridgehead atoms. The molecular weight excluding hydrogens is 208 g/mol. The van der Waals surface area contributed by atoms with Crippen molar-refractivity contribution in [1.29, 1.82) is 0 Å². The van der Waals surface area contributed by atoms with Crippen molar-refractivity contribution >= 4 is 0 Å². The minimum atomic E-state index is 0.797. The highest BCUT2D eigenvalue weighted by Crippen LogP contribution is 2.34. The maximum atomic E-state index is 2.62. The van der Waals surface area contributed by atoms with Gasteiger partial charge in [-0.1, -0.05) is 20.8 Å². The van der Waals surface area contributed by atoms with Crippen molar-refractivity contribution in [2.75, 3.05) is 27.2 Å². The van der Waals surface area contributed by atoms with Crippen LogP contribution in [0.15, 0.2) is 0 Å². The summed E-state index contributed by atoms with van der Waals surface area (Å²) < 4.78 is 0. The molecule has 3 unspecified atom stereocenters. The van der Waals surface area contributed by atoms with Gasteiger partial charge in [-0.2, -0.15) is 0 Å². The van der Waals surface area contributed by atoms with E-state index in [4.69, 9.17) is 0 Å². The van der Waals surface area contributed by atoms with Gasteiger partial charge in [0.2, 0.25) is 0 Å². The van der Waals surface area contributed by atoms with Gasteiger partial charge in [0.25, 0.3) is 0 Å². The molecule has 0 aromatic rings. The van der Waals surface area contributed by atoms with Crippen molar-refractivity contribution in [2.24, 2.45) is 17.8 Å².